The van der Waals surface area contributed by atoms with Crippen LogP contribution in [-0.2, 0) is 4.79 Å². The van der Waals surface area contributed by atoms with Crippen molar-refractivity contribution in [3.8, 4) is 6.07 Å². The van der Waals surface area contributed by atoms with E-state index in [1.807, 2.05) is 6.07 Å². The summed E-state index contributed by atoms with van der Waals surface area (Å²) in [6.07, 6.45) is 0. The molecule has 0 aliphatic rings. The Morgan fingerprint density at radius 2 is 1.73 bits per heavy atom. The summed E-state index contributed by atoms with van der Waals surface area (Å²) >= 11 is 0. The van der Waals surface area contributed by atoms with Crippen LogP contribution in [0.25, 0.3) is 0 Å². The van der Waals surface area contributed by atoms with E-state index in [9.17, 15) is 10.0 Å². The Labute approximate surface area is 89.2 Å². The van der Waals surface area contributed by atoms with Gasteiger partial charge in [0.25, 0.3) is 5.71 Å². The lowest BCUT2D eigenvalue weighted by molar-refractivity contribution is -0.537. The van der Waals surface area contributed by atoms with Crippen molar-refractivity contribution in [3.05, 3.63) is 5.21 Å². The lowest BCUT2D eigenvalue weighted by atomic mass is 9.88. The zero-order valence-electron chi connectivity index (χ0n) is 9.66. The molecule has 0 fully saturated rings. The molecule has 0 aliphatic carbocycles. The highest BCUT2D eigenvalue weighted by atomic mass is 16.5. The summed E-state index contributed by atoms with van der Waals surface area (Å²) in [5.74, 6) is -1.36. The van der Waals surface area contributed by atoms with Gasteiger partial charge in [0, 0.05) is 20.8 Å². The third kappa shape index (κ3) is 2.94. The molecule has 0 aromatic heterocycles. The minimum absolute atomic E-state index is 0.387. The zero-order chi connectivity index (χ0) is 12.4. The number of hydrogen-bond acceptors (Lipinski definition) is 3. The maximum absolute atomic E-state index is 11.8. The molecule has 0 radical (unpaired) electrons. The van der Waals surface area contributed by atoms with Gasteiger partial charge in [0.15, 0.2) is 5.54 Å². The van der Waals surface area contributed by atoms with E-state index in [-0.39, 0.29) is 0 Å². The van der Waals surface area contributed by atoms with E-state index in [1.54, 1.807) is 20.8 Å². The molecule has 1 N–H and O–H groups in total. The Morgan fingerprint density at radius 3 is 1.93 bits per heavy atom. The zero-order valence-corrected chi connectivity index (χ0v) is 9.66. The first-order chi connectivity index (χ1) is 6.54. The fourth-order valence-corrected chi connectivity index (χ4v) is 0.996. The van der Waals surface area contributed by atoms with E-state index in [4.69, 9.17) is 10.4 Å². The van der Waals surface area contributed by atoms with Gasteiger partial charge in [-0.3, -0.25) is 0 Å². The monoisotopic (exact) mass is 212 g/mol. The molecule has 84 valence electrons. The Morgan fingerprint density at radius 1 is 1.33 bits per heavy atom. The Bertz CT molecular complexity index is 343. The molecule has 5 heteroatoms. The SMILES string of the molecule is CC(C)(C#N)/C(C(=O)O)=[N+](\[O-])C(C)(C)C. The average Bonchev–Trinajstić information content (AvgIpc) is 2.01. The fourth-order valence-electron chi connectivity index (χ4n) is 0.996. The van der Waals surface area contributed by atoms with Crippen molar-refractivity contribution in [3.63, 3.8) is 0 Å². The molecule has 0 spiro atoms. The molecule has 0 bridgehead atoms. The van der Waals surface area contributed by atoms with Crippen molar-refractivity contribution in [1.82, 2.24) is 0 Å². The highest BCUT2D eigenvalue weighted by Gasteiger charge is 2.41. The second kappa shape index (κ2) is 3.89. The van der Waals surface area contributed by atoms with Crippen LogP contribution in [0.5, 0.6) is 0 Å². The van der Waals surface area contributed by atoms with Gasteiger partial charge in [-0.1, -0.05) is 0 Å². The van der Waals surface area contributed by atoms with E-state index in [0.29, 0.717) is 4.74 Å². The van der Waals surface area contributed by atoms with Gasteiger partial charge in [0.05, 0.1) is 6.07 Å². The Balaban J connectivity index is 5.76. The second-order valence-electron chi connectivity index (χ2n) is 4.86. The molecule has 0 saturated carbocycles. The lowest BCUT2D eigenvalue weighted by Gasteiger charge is -2.24. The number of carbonyl (C=O) groups is 1. The van der Waals surface area contributed by atoms with Crippen LogP contribution < -0.4 is 0 Å². The molecule has 0 aliphatic heterocycles. The number of rotatable bonds is 2. The molecule has 0 unspecified atom stereocenters. The van der Waals surface area contributed by atoms with Gasteiger partial charge in [-0.05, 0) is 13.8 Å². The first-order valence-corrected chi connectivity index (χ1v) is 4.53. The van der Waals surface area contributed by atoms with Gasteiger partial charge in [0.1, 0.15) is 5.41 Å². The van der Waals surface area contributed by atoms with Crippen LogP contribution in [0.15, 0.2) is 0 Å². The molecule has 0 atom stereocenters. The van der Waals surface area contributed by atoms with Gasteiger partial charge in [-0.15, -0.1) is 0 Å². The number of carboxylic acid groups (broad SMARTS) is 1. The quantitative estimate of drug-likeness (QED) is 0.324. The number of aliphatic carboxylic acids is 1. The lowest BCUT2D eigenvalue weighted by Crippen LogP contribution is -2.43. The highest BCUT2D eigenvalue weighted by Crippen LogP contribution is 2.19. The predicted octanol–water partition coefficient (Wildman–Crippen LogP) is 1.37. The van der Waals surface area contributed by atoms with Crippen LogP contribution in [0, 0.1) is 22.0 Å². The van der Waals surface area contributed by atoms with E-state index in [2.05, 4.69) is 0 Å². The van der Waals surface area contributed by atoms with Crippen LogP contribution in [0.3, 0.4) is 0 Å². The van der Waals surface area contributed by atoms with Gasteiger partial charge in [-0.25, -0.2) is 4.79 Å². The number of nitrogens with zero attached hydrogens (tertiary/aromatic N) is 2. The van der Waals surface area contributed by atoms with Gasteiger partial charge in [-0.2, -0.15) is 10.0 Å². The minimum Gasteiger partial charge on any atom is -0.623 e. The summed E-state index contributed by atoms with van der Waals surface area (Å²) in [4.78, 5) is 11.0. The maximum Gasteiger partial charge on any atom is 0.399 e. The largest absolute Gasteiger partial charge is 0.623 e. The topological polar surface area (TPSA) is 87.2 Å². The number of nitriles is 1. The second-order valence-corrected chi connectivity index (χ2v) is 4.86. The summed E-state index contributed by atoms with van der Waals surface area (Å²) in [5.41, 5.74) is -2.61. The van der Waals surface area contributed by atoms with E-state index >= 15 is 0 Å². The predicted molar refractivity (Wildman–Crippen MR) is 55.4 cm³/mol. The van der Waals surface area contributed by atoms with Crippen LogP contribution in [0.2, 0.25) is 0 Å². The average molecular weight is 212 g/mol. The summed E-state index contributed by atoms with van der Waals surface area (Å²) in [6.45, 7) is 7.60. The van der Waals surface area contributed by atoms with Crippen molar-refractivity contribution in [2.75, 3.05) is 0 Å². The third-order valence-corrected chi connectivity index (χ3v) is 1.89. The molecule has 0 aromatic rings. The smallest absolute Gasteiger partial charge is 0.399 e. The highest BCUT2D eigenvalue weighted by molar-refractivity contribution is 6.36. The molecule has 15 heavy (non-hydrogen) atoms. The molecule has 5 nitrogen and oxygen atoms in total. The fraction of sp³-hybridized carbons (Fsp3) is 0.700. The van der Waals surface area contributed by atoms with E-state index in [0.717, 1.165) is 0 Å². The normalized spacial score (nSPS) is 14.1. The number of carboxylic acids is 1. The maximum atomic E-state index is 11.8. The first-order valence-electron chi connectivity index (χ1n) is 4.53. The molecule has 0 rings (SSSR count). The number of hydrogen-bond donors (Lipinski definition) is 1. The Hall–Kier alpha value is -1.57. The van der Waals surface area contributed by atoms with Crippen molar-refractivity contribution in [2.24, 2.45) is 5.41 Å². The first kappa shape index (κ1) is 13.4. The molecule has 0 heterocycles. The van der Waals surface area contributed by atoms with Crippen LogP contribution in [-0.4, -0.2) is 27.1 Å². The molecular formula is C10H16N2O3. The summed E-state index contributed by atoms with van der Waals surface area (Å²) in [5, 5.41) is 29.5. The summed E-state index contributed by atoms with van der Waals surface area (Å²) < 4.78 is 0.387. The van der Waals surface area contributed by atoms with Crippen LogP contribution in [0.4, 0.5) is 0 Å². The van der Waals surface area contributed by atoms with Gasteiger partial charge in [0.2, 0.25) is 0 Å². The van der Waals surface area contributed by atoms with E-state index < -0.39 is 22.6 Å². The van der Waals surface area contributed by atoms with Crippen molar-refractivity contribution in [2.45, 2.75) is 40.2 Å². The van der Waals surface area contributed by atoms with Crippen molar-refractivity contribution < 1.29 is 14.6 Å². The third-order valence-electron chi connectivity index (χ3n) is 1.89. The van der Waals surface area contributed by atoms with Crippen LogP contribution in [0.1, 0.15) is 34.6 Å². The van der Waals surface area contributed by atoms with Crippen LogP contribution >= 0.6 is 0 Å². The standard InChI is InChI=1S/C10H16N2O3/c1-9(2,3)12(15)7(8(13)14)10(4,5)6-11/h1-5H3,(H,13,14)/b12-7-. The molecular weight excluding hydrogens is 196 g/mol. The van der Waals surface area contributed by atoms with E-state index in [1.165, 1.54) is 13.8 Å². The molecule has 0 amide bonds. The molecule has 0 aromatic carbocycles. The van der Waals surface area contributed by atoms with Crippen molar-refractivity contribution >= 4 is 11.7 Å². The van der Waals surface area contributed by atoms with Crippen molar-refractivity contribution in [1.29, 1.82) is 5.26 Å². The number of hydroxylamine groups is 1. The summed E-state index contributed by atoms with van der Waals surface area (Å²) in [7, 11) is 0. The minimum atomic E-state index is -1.36. The molecule has 0 saturated heterocycles. The van der Waals surface area contributed by atoms with Gasteiger partial charge >= 0.3 is 5.97 Å². The summed E-state index contributed by atoms with van der Waals surface area (Å²) in [6, 6.07) is 1.82. The van der Waals surface area contributed by atoms with Gasteiger partial charge < -0.3 is 10.3 Å². The Kier molecular flexibility index (Phi) is 3.48.